The number of aromatic nitrogens is 3. The van der Waals surface area contributed by atoms with E-state index in [1.54, 1.807) is 0 Å². The van der Waals surface area contributed by atoms with E-state index in [1.165, 1.54) is 6.20 Å². The molecule has 66 valence electrons. The average molecular weight is 168 g/mol. The van der Waals surface area contributed by atoms with Gasteiger partial charge in [-0.1, -0.05) is 6.92 Å². The summed E-state index contributed by atoms with van der Waals surface area (Å²) in [5.41, 5.74) is -0.427. The van der Waals surface area contributed by atoms with Gasteiger partial charge in [-0.2, -0.15) is 10.1 Å². The van der Waals surface area contributed by atoms with Crippen LogP contribution in [-0.2, 0) is 0 Å². The molecular formula is C7H12N4O. The summed E-state index contributed by atoms with van der Waals surface area (Å²) in [5, 5.41) is 8.85. The van der Waals surface area contributed by atoms with Crippen molar-refractivity contribution in [1.29, 1.82) is 0 Å². The lowest BCUT2D eigenvalue weighted by Crippen LogP contribution is -2.19. The molecule has 5 heteroatoms. The van der Waals surface area contributed by atoms with Gasteiger partial charge >= 0.3 is 5.69 Å². The van der Waals surface area contributed by atoms with E-state index in [0.717, 1.165) is 6.42 Å². The third-order valence-corrected chi connectivity index (χ3v) is 1.58. The Hall–Kier alpha value is -1.39. The fourth-order valence-corrected chi connectivity index (χ4v) is 0.736. The van der Waals surface area contributed by atoms with Crippen molar-refractivity contribution < 1.29 is 0 Å². The molecule has 0 aliphatic carbocycles. The number of aromatic amines is 1. The van der Waals surface area contributed by atoms with Gasteiger partial charge in [0.05, 0.1) is 6.20 Å². The van der Waals surface area contributed by atoms with E-state index >= 15 is 0 Å². The van der Waals surface area contributed by atoms with Crippen LogP contribution < -0.4 is 11.0 Å². The van der Waals surface area contributed by atoms with Crippen LogP contribution in [0.25, 0.3) is 0 Å². The van der Waals surface area contributed by atoms with Crippen molar-refractivity contribution in [2.45, 2.75) is 26.3 Å². The first-order valence-corrected chi connectivity index (χ1v) is 3.90. The van der Waals surface area contributed by atoms with Crippen molar-refractivity contribution in [1.82, 2.24) is 15.2 Å². The van der Waals surface area contributed by atoms with E-state index in [2.05, 4.69) is 27.4 Å². The summed E-state index contributed by atoms with van der Waals surface area (Å²) >= 11 is 0. The third-order valence-electron chi connectivity index (χ3n) is 1.58. The second-order valence-electron chi connectivity index (χ2n) is 2.63. The standard InChI is InChI=1S/C7H12N4O/c1-3-5(2)9-6-4-8-11-7(12)10-6/h4-5H,3H2,1-2H3,(H2,9,10,11,12)/t5-/m1/s1. The third kappa shape index (κ3) is 2.34. The highest BCUT2D eigenvalue weighted by molar-refractivity contribution is 5.29. The molecule has 1 heterocycles. The highest BCUT2D eigenvalue weighted by Gasteiger charge is 1.99. The predicted molar refractivity (Wildman–Crippen MR) is 46.0 cm³/mol. The number of H-pyrrole nitrogens is 1. The van der Waals surface area contributed by atoms with Gasteiger partial charge in [-0.05, 0) is 13.3 Å². The molecule has 0 radical (unpaired) electrons. The van der Waals surface area contributed by atoms with Crippen LogP contribution in [0.5, 0.6) is 0 Å². The zero-order valence-electron chi connectivity index (χ0n) is 7.16. The van der Waals surface area contributed by atoms with E-state index < -0.39 is 5.69 Å². The lowest BCUT2D eigenvalue weighted by Gasteiger charge is -2.09. The van der Waals surface area contributed by atoms with Gasteiger partial charge in [0.1, 0.15) is 0 Å². The molecule has 0 aliphatic heterocycles. The molecule has 0 unspecified atom stereocenters. The first-order chi connectivity index (χ1) is 5.72. The number of nitrogens with zero attached hydrogens (tertiary/aromatic N) is 2. The van der Waals surface area contributed by atoms with Crippen molar-refractivity contribution in [2.24, 2.45) is 0 Å². The number of hydrogen-bond donors (Lipinski definition) is 2. The highest BCUT2D eigenvalue weighted by Crippen LogP contribution is 1.99. The zero-order chi connectivity index (χ0) is 8.97. The Balaban J connectivity index is 2.69. The van der Waals surface area contributed by atoms with Crippen LogP contribution in [0.1, 0.15) is 20.3 Å². The van der Waals surface area contributed by atoms with Crippen LogP contribution in [0.3, 0.4) is 0 Å². The Morgan fingerprint density at radius 3 is 3.08 bits per heavy atom. The predicted octanol–water partition coefficient (Wildman–Crippen LogP) is 0.375. The minimum absolute atomic E-state index is 0.307. The Kier molecular flexibility index (Phi) is 2.79. The Morgan fingerprint density at radius 1 is 1.75 bits per heavy atom. The van der Waals surface area contributed by atoms with Crippen LogP contribution in [-0.4, -0.2) is 21.2 Å². The van der Waals surface area contributed by atoms with Crippen LogP contribution in [0.4, 0.5) is 5.82 Å². The summed E-state index contributed by atoms with van der Waals surface area (Å²) < 4.78 is 0. The minimum atomic E-state index is -0.427. The number of nitrogens with one attached hydrogen (secondary N) is 2. The summed E-state index contributed by atoms with van der Waals surface area (Å²) in [5.74, 6) is 0.521. The SMILES string of the molecule is CC[C@@H](C)Nc1cn[nH]c(=O)n1. The minimum Gasteiger partial charge on any atom is -0.366 e. The van der Waals surface area contributed by atoms with E-state index in [1.807, 2.05) is 6.92 Å². The summed E-state index contributed by atoms with van der Waals surface area (Å²) in [7, 11) is 0. The molecule has 0 saturated carbocycles. The molecule has 0 amide bonds. The largest absolute Gasteiger partial charge is 0.366 e. The monoisotopic (exact) mass is 168 g/mol. The molecule has 0 spiro atoms. The quantitative estimate of drug-likeness (QED) is 0.684. The van der Waals surface area contributed by atoms with Crippen molar-refractivity contribution in [2.75, 3.05) is 5.32 Å². The van der Waals surface area contributed by atoms with Gasteiger partial charge in [0.25, 0.3) is 0 Å². The topological polar surface area (TPSA) is 70.7 Å². The molecule has 0 fully saturated rings. The molecule has 12 heavy (non-hydrogen) atoms. The Morgan fingerprint density at radius 2 is 2.50 bits per heavy atom. The summed E-state index contributed by atoms with van der Waals surface area (Å²) in [4.78, 5) is 14.4. The maximum absolute atomic E-state index is 10.7. The molecule has 0 aromatic carbocycles. The first-order valence-electron chi connectivity index (χ1n) is 3.90. The molecular weight excluding hydrogens is 156 g/mol. The zero-order valence-corrected chi connectivity index (χ0v) is 7.16. The Bertz CT molecular complexity index is 295. The molecule has 5 nitrogen and oxygen atoms in total. The fraction of sp³-hybridized carbons (Fsp3) is 0.571. The summed E-state index contributed by atoms with van der Waals surface area (Å²) in [6.07, 6.45) is 2.47. The van der Waals surface area contributed by atoms with Crippen LogP contribution in [0.15, 0.2) is 11.0 Å². The molecule has 2 N–H and O–H groups in total. The maximum Gasteiger partial charge on any atom is 0.363 e. The lowest BCUT2D eigenvalue weighted by molar-refractivity contribution is 0.752. The summed E-state index contributed by atoms with van der Waals surface area (Å²) in [6, 6.07) is 0.307. The average Bonchev–Trinajstić information content (AvgIpc) is 2.04. The molecule has 1 rings (SSSR count). The van der Waals surface area contributed by atoms with Crippen molar-refractivity contribution in [3.63, 3.8) is 0 Å². The van der Waals surface area contributed by atoms with Crippen LogP contribution in [0.2, 0.25) is 0 Å². The number of rotatable bonds is 3. The van der Waals surface area contributed by atoms with E-state index in [9.17, 15) is 4.79 Å². The molecule has 1 aromatic heterocycles. The van der Waals surface area contributed by atoms with E-state index in [-0.39, 0.29) is 0 Å². The van der Waals surface area contributed by atoms with Gasteiger partial charge in [0.15, 0.2) is 5.82 Å². The molecule has 1 aromatic rings. The first kappa shape index (κ1) is 8.70. The normalized spacial score (nSPS) is 12.5. The van der Waals surface area contributed by atoms with Gasteiger partial charge in [0.2, 0.25) is 0 Å². The maximum atomic E-state index is 10.7. The van der Waals surface area contributed by atoms with E-state index in [4.69, 9.17) is 0 Å². The van der Waals surface area contributed by atoms with Crippen LogP contribution >= 0.6 is 0 Å². The molecule has 0 bridgehead atoms. The number of hydrogen-bond acceptors (Lipinski definition) is 4. The summed E-state index contributed by atoms with van der Waals surface area (Å²) in [6.45, 7) is 4.07. The van der Waals surface area contributed by atoms with Crippen molar-refractivity contribution in [3.8, 4) is 0 Å². The molecule has 1 atom stereocenters. The fourth-order valence-electron chi connectivity index (χ4n) is 0.736. The number of anilines is 1. The van der Waals surface area contributed by atoms with Gasteiger partial charge < -0.3 is 5.32 Å². The molecule has 0 saturated heterocycles. The van der Waals surface area contributed by atoms with Gasteiger partial charge in [0, 0.05) is 6.04 Å². The van der Waals surface area contributed by atoms with Gasteiger partial charge in [-0.3, -0.25) is 0 Å². The van der Waals surface area contributed by atoms with E-state index in [0.29, 0.717) is 11.9 Å². The second-order valence-corrected chi connectivity index (χ2v) is 2.63. The van der Waals surface area contributed by atoms with Gasteiger partial charge in [-0.15, -0.1) is 0 Å². The smallest absolute Gasteiger partial charge is 0.363 e. The highest BCUT2D eigenvalue weighted by atomic mass is 16.1. The van der Waals surface area contributed by atoms with Crippen molar-refractivity contribution >= 4 is 5.82 Å². The lowest BCUT2D eigenvalue weighted by atomic mass is 10.3. The van der Waals surface area contributed by atoms with Crippen molar-refractivity contribution in [3.05, 3.63) is 16.7 Å². The second kappa shape index (κ2) is 3.85. The Labute approximate surface area is 70.2 Å². The molecule has 0 aliphatic rings. The van der Waals surface area contributed by atoms with Crippen LogP contribution in [0, 0.1) is 0 Å². The van der Waals surface area contributed by atoms with Gasteiger partial charge in [-0.25, -0.2) is 9.89 Å².